The third-order valence-electron chi connectivity index (χ3n) is 3.20. The molecule has 0 nitrogen and oxygen atoms in total. The van der Waals surface area contributed by atoms with Crippen molar-refractivity contribution in [3.63, 3.8) is 0 Å². The normalized spacial score (nSPS) is 16.1. The fourth-order valence-corrected chi connectivity index (χ4v) is 2.42. The van der Waals surface area contributed by atoms with Gasteiger partial charge in [-0.2, -0.15) is 0 Å². The summed E-state index contributed by atoms with van der Waals surface area (Å²) in [5.41, 5.74) is 5.11. The Hall–Kier alpha value is -0.520. The Bertz CT molecular complexity index is 243. The minimum absolute atomic E-state index is 1.29. The molecule has 0 fully saturated rings. The zero-order valence-electron chi connectivity index (χ0n) is 10.7. The van der Waals surface area contributed by atoms with E-state index in [-0.39, 0.29) is 0 Å². The third-order valence-corrected chi connectivity index (χ3v) is 3.20. The van der Waals surface area contributed by atoms with Gasteiger partial charge in [0.1, 0.15) is 0 Å². The summed E-state index contributed by atoms with van der Waals surface area (Å²) in [6, 6.07) is 0. The van der Waals surface area contributed by atoms with Crippen molar-refractivity contribution < 1.29 is 0 Å². The predicted molar refractivity (Wildman–Crippen MR) is 69.1 cm³/mol. The molecule has 0 heterocycles. The Kier molecular flexibility index (Phi) is 5.75. The maximum absolute atomic E-state index is 2.50. The second kappa shape index (κ2) is 6.87. The van der Waals surface area contributed by atoms with E-state index in [9.17, 15) is 0 Å². The van der Waals surface area contributed by atoms with Crippen LogP contribution < -0.4 is 0 Å². The van der Waals surface area contributed by atoms with Crippen LogP contribution in [0.25, 0.3) is 0 Å². The lowest BCUT2D eigenvalue weighted by atomic mass is 10.0. The van der Waals surface area contributed by atoms with Crippen LogP contribution in [0.1, 0.15) is 72.1 Å². The zero-order valence-corrected chi connectivity index (χ0v) is 10.7. The summed E-state index contributed by atoms with van der Waals surface area (Å²) < 4.78 is 0. The fraction of sp³-hybridized carbons (Fsp3) is 0.733. The van der Waals surface area contributed by atoms with E-state index in [4.69, 9.17) is 0 Å². The van der Waals surface area contributed by atoms with Gasteiger partial charge in [0.2, 0.25) is 0 Å². The summed E-state index contributed by atoms with van der Waals surface area (Å²) in [4.78, 5) is 0. The molecular formula is C15H26. The number of rotatable bonds is 7. The molecule has 0 radical (unpaired) electrons. The first-order valence-corrected chi connectivity index (χ1v) is 6.72. The van der Waals surface area contributed by atoms with Crippen LogP contribution in [0.3, 0.4) is 0 Å². The summed E-state index contributed by atoms with van der Waals surface area (Å²) in [5.74, 6) is 0. The Labute approximate surface area is 95.5 Å². The van der Waals surface area contributed by atoms with E-state index < -0.39 is 0 Å². The Morgan fingerprint density at radius 1 is 0.933 bits per heavy atom. The minimum Gasteiger partial charge on any atom is -0.0659 e. The first-order valence-electron chi connectivity index (χ1n) is 6.72. The molecule has 0 unspecified atom stereocenters. The second-order valence-corrected chi connectivity index (χ2v) is 4.71. The Morgan fingerprint density at radius 2 is 1.67 bits per heavy atom. The van der Waals surface area contributed by atoms with Crippen LogP contribution in [0.15, 0.2) is 22.8 Å². The molecule has 0 bridgehead atoms. The van der Waals surface area contributed by atoms with Gasteiger partial charge < -0.3 is 0 Å². The molecule has 0 aromatic carbocycles. The first-order chi connectivity index (χ1) is 7.31. The van der Waals surface area contributed by atoms with Crippen LogP contribution in [0.4, 0.5) is 0 Å². The molecule has 0 spiro atoms. The summed E-state index contributed by atoms with van der Waals surface area (Å²) in [6.07, 6.45) is 13.0. The number of unbranched alkanes of at least 4 members (excludes halogenated alkanes) is 1. The van der Waals surface area contributed by atoms with Crippen molar-refractivity contribution in [2.45, 2.75) is 72.1 Å². The molecule has 0 saturated carbocycles. The molecular weight excluding hydrogens is 180 g/mol. The van der Waals surface area contributed by atoms with Gasteiger partial charge in [0.25, 0.3) is 0 Å². The van der Waals surface area contributed by atoms with E-state index in [0.29, 0.717) is 0 Å². The molecule has 0 aliphatic heterocycles. The van der Waals surface area contributed by atoms with Crippen molar-refractivity contribution in [3.05, 3.63) is 22.8 Å². The van der Waals surface area contributed by atoms with Gasteiger partial charge in [0.15, 0.2) is 0 Å². The first kappa shape index (κ1) is 12.5. The summed E-state index contributed by atoms with van der Waals surface area (Å²) in [6.45, 7) is 6.86. The highest BCUT2D eigenvalue weighted by molar-refractivity contribution is 5.39. The average molecular weight is 206 g/mol. The van der Waals surface area contributed by atoms with Gasteiger partial charge in [-0.3, -0.25) is 0 Å². The highest BCUT2D eigenvalue weighted by atomic mass is 14.2. The highest BCUT2D eigenvalue weighted by Crippen LogP contribution is 2.33. The number of hydrogen-bond acceptors (Lipinski definition) is 0. The topological polar surface area (TPSA) is 0 Å². The molecule has 86 valence electrons. The van der Waals surface area contributed by atoms with E-state index in [0.717, 1.165) is 0 Å². The van der Waals surface area contributed by atoms with E-state index >= 15 is 0 Å². The van der Waals surface area contributed by atoms with E-state index in [2.05, 4.69) is 26.8 Å². The van der Waals surface area contributed by atoms with Gasteiger partial charge >= 0.3 is 0 Å². The van der Waals surface area contributed by atoms with Gasteiger partial charge in [-0.15, -0.1) is 0 Å². The van der Waals surface area contributed by atoms with Gasteiger partial charge in [-0.1, -0.05) is 57.3 Å². The van der Waals surface area contributed by atoms with E-state index in [1.54, 1.807) is 16.7 Å². The molecule has 0 N–H and O–H groups in total. The second-order valence-electron chi connectivity index (χ2n) is 4.71. The highest BCUT2D eigenvalue weighted by Gasteiger charge is 2.13. The lowest BCUT2D eigenvalue weighted by molar-refractivity contribution is 0.764. The van der Waals surface area contributed by atoms with Crippen LogP contribution in [0.5, 0.6) is 0 Å². The predicted octanol–water partition coefficient (Wildman–Crippen LogP) is 5.40. The molecule has 0 aromatic heterocycles. The smallest absolute Gasteiger partial charge is 0.00994 e. The third kappa shape index (κ3) is 3.85. The van der Waals surface area contributed by atoms with E-state index in [1.165, 1.54) is 51.4 Å². The van der Waals surface area contributed by atoms with Gasteiger partial charge in [0.05, 0.1) is 0 Å². The average Bonchev–Trinajstić information content (AvgIpc) is 2.59. The van der Waals surface area contributed by atoms with Crippen LogP contribution in [-0.4, -0.2) is 0 Å². The maximum Gasteiger partial charge on any atom is -0.00994 e. The van der Waals surface area contributed by atoms with Crippen molar-refractivity contribution in [1.82, 2.24) is 0 Å². The lowest BCUT2D eigenvalue weighted by Crippen LogP contribution is -1.85. The molecule has 0 aromatic rings. The molecule has 15 heavy (non-hydrogen) atoms. The number of allylic oxidation sites excluding steroid dienone is 4. The molecule has 0 atom stereocenters. The summed E-state index contributed by atoms with van der Waals surface area (Å²) in [5, 5.41) is 0. The van der Waals surface area contributed by atoms with Crippen molar-refractivity contribution in [1.29, 1.82) is 0 Å². The van der Waals surface area contributed by atoms with Crippen molar-refractivity contribution >= 4 is 0 Å². The minimum atomic E-state index is 1.29. The standard InChI is InChI=1S/C15H26/c1-4-7-10-13-11-14(8-5-2)15(12-13)9-6-3/h11H,4-10,12H2,1-3H3. The molecule has 0 amide bonds. The Balaban J connectivity index is 2.53. The summed E-state index contributed by atoms with van der Waals surface area (Å²) >= 11 is 0. The van der Waals surface area contributed by atoms with Gasteiger partial charge in [-0.25, -0.2) is 0 Å². The molecule has 0 heteroatoms. The molecule has 1 rings (SSSR count). The Morgan fingerprint density at radius 3 is 2.27 bits per heavy atom. The van der Waals surface area contributed by atoms with Gasteiger partial charge in [-0.05, 0) is 37.7 Å². The zero-order chi connectivity index (χ0) is 11.1. The SMILES string of the molecule is CCCCC1=CC(CCC)=C(CCC)C1. The maximum atomic E-state index is 2.50. The fourth-order valence-electron chi connectivity index (χ4n) is 2.42. The molecule has 1 aliphatic carbocycles. The number of hydrogen-bond donors (Lipinski definition) is 0. The monoisotopic (exact) mass is 206 g/mol. The van der Waals surface area contributed by atoms with Crippen LogP contribution in [0, 0.1) is 0 Å². The van der Waals surface area contributed by atoms with Gasteiger partial charge in [0, 0.05) is 0 Å². The van der Waals surface area contributed by atoms with Crippen LogP contribution >= 0.6 is 0 Å². The lowest BCUT2D eigenvalue weighted by Gasteiger charge is -2.05. The van der Waals surface area contributed by atoms with Crippen LogP contribution in [0.2, 0.25) is 0 Å². The van der Waals surface area contributed by atoms with Crippen molar-refractivity contribution in [2.75, 3.05) is 0 Å². The molecule has 1 aliphatic rings. The molecule has 0 saturated heterocycles. The van der Waals surface area contributed by atoms with Crippen molar-refractivity contribution in [2.24, 2.45) is 0 Å². The largest absolute Gasteiger partial charge is 0.0659 e. The summed E-state index contributed by atoms with van der Waals surface area (Å²) in [7, 11) is 0. The quantitative estimate of drug-likeness (QED) is 0.523. The van der Waals surface area contributed by atoms with Crippen LogP contribution in [-0.2, 0) is 0 Å². The van der Waals surface area contributed by atoms with Crippen molar-refractivity contribution in [3.8, 4) is 0 Å². The van der Waals surface area contributed by atoms with E-state index in [1.807, 2.05) is 0 Å².